The second-order valence-electron chi connectivity index (χ2n) is 17.3. The minimum atomic E-state index is 0.101. The van der Waals surface area contributed by atoms with E-state index in [1.165, 1.54) is 82.7 Å². The van der Waals surface area contributed by atoms with Crippen molar-refractivity contribution in [3.05, 3.63) is 221 Å². The Balaban J connectivity index is 0.870. The molecule has 3 aliphatic carbocycles. The first kappa shape index (κ1) is 36.5. The van der Waals surface area contributed by atoms with Crippen molar-refractivity contribution >= 4 is 73.7 Å². The molecule has 0 saturated carbocycles. The first-order valence-electron chi connectivity index (χ1n) is 22.0. The van der Waals surface area contributed by atoms with Gasteiger partial charge in [0, 0.05) is 56.4 Å². The molecule has 0 radical (unpaired) electrons. The summed E-state index contributed by atoms with van der Waals surface area (Å²) in [6, 6.07) is 46.4. The smallest absolute Gasteiger partial charge is 0.137 e. The van der Waals surface area contributed by atoms with E-state index in [2.05, 4.69) is 195 Å². The lowest BCUT2D eigenvalue weighted by Crippen LogP contribution is -2.34. The predicted octanol–water partition coefficient (Wildman–Crippen LogP) is 12.5. The third kappa shape index (κ3) is 5.45. The van der Waals surface area contributed by atoms with E-state index >= 15 is 0 Å². The van der Waals surface area contributed by atoms with Crippen molar-refractivity contribution in [3.8, 4) is 11.1 Å². The number of nitrogens with zero attached hydrogens (tertiary/aromatic N) is 2. The van der Waals surface area contributed by atoms with E-state index in [-0.39, 0.29) is 17.9 Å². The fourth-order valence-electron chi connectivity index (χ4n) is 11.2. The number of nitrogens with one attached hydrogen (secondary N) is 3. The summed E-state index contributed by atoms with van der Waals surface area (Å²) in [5, 5.41) is 19.2. The largest absolute Gasteiger partial charge is 0.377 e. The maximum Gasteiger partial charge on any atom is 0.137 e. The van der Waals surface area contributed by atoms with Gasteiger partial charge >= 0.3 is 0 Å². The summed E-state index contributed by atoms with van der Waals surface area (Å²) < 4.78 is 6.21. The molecule has 302 valence electrons. The number of hydrogen-bond acceptors (Lipinski definition) is 4. The Bertz CT molecular complexity index is 3490. The van der Waals surface area contributed by atoms with Gasteiger partial charge in [0.05, 0.1) is 28.5 Å². The van der Waals surface area contributed by atoms with Crippen molar-refractivity contribution in [2.24, 2.45) is 0 Å². The van der Waals surface area contributed by atoms with E-state index in [4.69, 9.17) is 6.58 Å². The van der Waals surface area contributed by atoms with E-state index in [1.807, 2.05) is 0 Å². The van der Waals surface area contributed by atoms with Gasteiger partial charge in [0.1, 0.15) is 5.84 Å². The van der Waals surface area contributed by atoms with Gasteiger partial charge in [-0.3, -0.25) is 15.0 Å². The lowest BCUT2D eigenvalue weighted by atomic mass is 9.84. The molecule has 2 aliphatic heterocycles. The summed E-state index contributed by atoms with van der Waals surface area (Å²) in [6.45, 7) is 5.38. The first-order valence-corrected chi connectivity index (χ1v) is 22.8. The van der Waals surface area contributed by atoms with Crippen LogP contribution in [0.15, 0.2) is 181 Å². The van der Waals surface area contributed by atoms with Crippen LogP contribution in [-0.2, 0) is 19.4 Å². The van der Waals surface area contributed by atoms with Gasteiger partial charge in [0.25, 0.3) is 0 Å². The quantitative estimate of drug-likeness (QED) is 0.0888. The molecule has 5 aliphatic rings. The van der Waals surface area contributed by atoms with Crippen LogP contribution < -0.4 is 20.2 Å². The molecule has 3 atom stereocenters. The number of fused-ring (bicyclic) bond motifs is 16. The molecule has 3 unspecified atom stereocenters. The van der Waals surface area contributed by atoms with Gasteiger partial charge in [-0.1, -0.05) is 146 Å². The lowest BCUT2D eigenvalue weighted by Gasteiger charge is -2.28. The molecule has 63 heavy (non-hydrogen) atoms. The molecule has 8 aromatic rings. The van der Waals surface area contributed by atoms with Crippen molar-refractivity contribution < 1.29 is 0 Å². The van der Waals surface area contributed by atoms with E-state index in [0.717, 1.165) is 34.7 Å². The van der Waals surface area contributed by atoms with Crippen LogP contribution in [0.3, 0.4) is 0 Å². The topological polar surface area (TPSA) is 55.6 Å². The summed E-state index contributed by atoms with van der Waals surface area (Å²) in [7, 11) is 0. The highest BCUT2D eigenvalue weighted by atomic mass is 32.2. The standard InChI is InChI=1S/C57H43N5S/c1-34(37-16-11-14-26-52(37)63-59-33-35-27-29-48-44(31-35)40-19-8-7-18-39(40)41-20-9-12-23-47(41)60-48)57(58)62-49-25-13-10-21-42(49)45-32-46-53-38-17-6-5-15-36(38)28-30-51(53)61-50-24-4-2-3-22-43(50)54(55(45)62)56(46)61/h2-21,23-31,41,45,47,58-60H,1,22,32-33H2. The van der Waals surface area contributed by atoms with Crippen LogP contribution in [0.1, 0.15) is 50.9 Å². The summed E-state index contributed by atoms with van der Waals surface area (Å²) in [5.74, 6) is 0.801. The van der Waals surface area contributed by atoms with Crippen LogP contribution in [0, 0.1) is 5.41 Å². The van der Waals surface area contributed by atoms with Gasteiger partial charge < -0.3 is 9.72 Å². The van der Waals surface area contributed by atoms with Gasteiger partial charge in [0.15, 0.2) is 0 Å². The predicted molar refractivity (Wildman–Crippen MR) is 264 cm³/mol. The molecule has 6 heteroatoms. The number of rotatable bonds is 6. The molecule has 13 rings (SSSR count). The Kier molecular flexibility index (Phi) is 8.24. The van der Waals surface area contributed by atoms with Crippen LogP contribution in [0.5, 0.6) is 0 Å². The second kappa shape index (κ2) is 14.2. The number of anilines is 2. The summed E-state index contributed by atoms with van der Waals surface area (Å²) in [5.41, 5.74) is 18.0. The Morgan fingerprint density at radius 2 is 1.62 bits per heavy atom. The van der Waals surface area contributed by atoms with Crippen LogP contribution >= 0.6 is 11.9 Å². The first-order chi connectivity index (χ1) is 31.1. The molecule has 3 N–H and O–H groups in total. The number of amidine groups is 1. The number of hydrogen-bond donors (Lipinski definition) is 3. The molecule has 0 bridgehead atoms. The zero-order chi connectivity index (χ0) is 41.8. The van der Waals surface area contributed by atoms with Crippen molar-refractivity contribution in [1.29, 1.82) is 5.41 Å². The molecule has 0 spiro atoms. The molecular formula is C57H43N5S. The van der Waals surface area contributed by atoms with Crippen molar-refractivity contribution in [2.75, 3.05) is 10.2 Å². The average molecular weight is 830 g/mol. The van der Waals surface area contributed by atoms with Crippen LogP contribution in [0.2, 0.25) is 0 Å². The Morgan fingerprint density at radius 3 is 2.57 bits per heavy atom. The van der Waals surface area contributed by atoms with E-state index in [1.54, 1.807) is 11.9 Å². The molecular weight excluding hydrogens is 787 g/mol. The molecule has 2 aromatic heterocycles. The summed E-state index contributed by atoms with van der Waals surface area (Å²) in [6.07, 6.45) is 19.5. The molecule has 5 nitrogen and oxygen atoms in total. The fraction of sp³-hybridized carbons (Fsp3) is 0.105. The van der Waals surface area contributed by atoms with E-state index < -0.39 is 0 Å². The summed E-state index contributed by atoms with van der Waals surface area (Å²) in [4.78, 5) is 3.29. The van der Waals surface area contributed by atoms with Crippen LogP contribution in [0.25, 0.3) is 55.7 Å². The monoisotopic (exact) mass is 829 g/mol. The second-order valence-corrected chi connectivity index (χ2v) is 18.2. The molecule has 0 amide bonds. The van der Waals surface area contributed by atoms with Gasteiger partial charge in [-0.25, -0.2) is 0 Å². The minimum absolute atomic E-state index is 0.101. The van der Waals surface area contributed by atoms with Crippen molar-refractivity contribution in [3.63, 3.8) is 0 Å². The maximum absolute atomic E-state index is 10.2. The third-order valence-corrected chi connectivity index (χ3v) is 14.9. The molecule has 0 saturated heterocycles. The van der Waals surface area contributed by atoms with Gasteiger partial charge in [-0.2, -0.15) is 0 Å². The van der Waals surface area contributed by atoms with Crippen LogP contribution in [0.4, 0.5) is 11.4 Å². The van der Waals surface area contributed by atoms with Crippen LogP contribution in [-0.4, -0.2) is 16.3 Å². The SMILES string of the molecule is C=C(C(=N)N1C2=c3c4c(n5c3c(c3c6ccccc6ccc35)CC2c2ccccc21)C=CC=CC4)c1ccccc1SNCc1ccc2c(c1)-c1ccccc1C1C=CC=CC1N2. The highest BCUT2D eigenvalue weighted by Crippen LogP contribution is 2.52. The van der Waals surface area contributed by atoms with E-state index in [0.29, 0.717) is 18.0 Å². The molecule has 6 aromatic carbocycles. The number of para-hydroxylation sites is 1. The zero-order valence-electron chi connectivity index (χ0n) is 34.6. The van der Waals surface area contributed by atoms with Gasteiger partial charge in [0.2, 0.25) is 0 Å². The highest BCUT2D eigenvalue weighted by Gasteiger charge is 2.42. The Morgan fingerprint density at radius 1 is 0.794 bits per heavy atom. The lowest BCUT2D eigenvalue weighted by molar-refractivity contribution is 0.763. The summed E-state index contributed by atoms with van der Waals surface area (Å²) >= 11 is 1.61. The van der Waals surface area contributed by atoms with Crippen molar-refractivity contribution in [1.82, 2.24) is 9.12 Å². The Hall–Kier alpha value is -7.12. The van der Waals surface area contributed by atoms with Crippen molar-refractivity contribution in [2.45, 2.75) is 42.2 Å². The molecule has 0 fully saturated rings. The zero-order valence-corrected chi connectivity index (χ0v) is 35.4. The van der Waals surface area contributed by atoms with E-state index in [9.17, 15) is 5.41 Å². The Labute approximate surface area is 370 Å². The maximum atomic E-state index is 10.2. The number of aromatic nitrogens is 1. The average Bonchev–Trinajstić information content (AvgIpc) is 3.83. The number of benzene rings is 6. The number of allylic oxidation sites excluding steroid dienone is 5. The van der Waals surface area contributed by atoms with Gasteiger partial charge in [-0.15, -0.1) is 0 Å². The van der Waals surface area contributed by atoms with Gasteiger partial charge in [-0.05, 0) is 111 Å². The normalized spacial score (nSPS) is 18.6. The fourth-order valence-corrected chi connectivity index (χ4v) is 12.1. The third-order valence-electron chi connectivity index (χ3n) is 14.0. The molecule has 4 heterocycles. The minimum Gasteiger partial charge on any atom is -0.377 e. The highest BCUT2D eigenvalue weighted by molar-refractivity contribution is 7.97.